The summed E-state index contributed by atoms with van der Waals surface area (Å²) in [5, 5.41) is 3.37. The van der Waals surface area contributed by atoms with Crippen molar-refractivity contribution in [1.29, 1.82) is 0 Å². The molecule has 2 amide bonds. The molecule has 114 valence electrons. The van der Waals surface area contributed by atoms with Crippen LogP contribution in [0, 0.1) is 5.92 Å². The third-order valence-corrected chi connectivity index (χ3v) is 4.39. The van der Waals surface area contributed by atoms with Crippen LogP contribution in [-0.2, 0) is 16.0 Å². The van der Waals surface area contributed by atoms with E-state index in [1.807, 2.05) is 18.2 Å². The van der Waals surface area contributed by atoms with Gasteiger partial charge in [0.1, 0.15) is 6.04 Å². The number of halogens is 1. The van der Waals surface area contributed by atoms with Crippen molar-refractivity contribution in [3.63, 3.8) is 0 Å². The minimum atomic E-state index is -0.709. The van der Waals surface area contributed by atoms with Gasteiger partial charge >= 0.3 is 0 Å². The summed E-state index contributed by atoms with van der Waals surface area (Å²) in [7, 11) is 0. The molecule has 5 heteroatoms. The van der Waals surface area contributed by atoms with Gasteiger partial charge in [0.2, 0.25) is 11.8 Å². The molecule has 1 aliphatic rings. The van der Waals surface area contributed by atoms with Gasteiger partial charge in [-0.15, -0.1) is 0 Å². The fraction of sp³-hybridized carbons (Fsp3) is 0.500. The van der Waals surface area contributed by atoms with Gasteiger partial charge in [-0.1, -0.05) is 49.1 Å². The highest BCUT2D eigenvalue weighted by Crippen LogP contribution is 2.24. The van der Waals surface area contributed by atoms with E-state index in [4.69, 9.17) is 17.3 Å². The van der Waals surface area contributed by atoms with E-state index in [9.17, 15) is 9.59 Å². The van der Waals surface area contributed by atoms with E-state index in [0.29, 0.717) is 11.4 Å². The fourth-order valence-corrected chi connectivity index (χ4v) is 2.97. The number of benzene rings is 1. The van der Waals surface area contributed by atoms with Crippen molar-refractivity contribution >= 4 is 23.4 Å². The van der Waals surface area contributed by atoms with Crippen molar-refractivity contribution in [2.45, 2.75) is 44.6 Å². The lowest BCUT2D eigenvalue weighted by Gasteiger charge is -2.23. The molecule has 1 aromatic carbocycles. The van der Waals surface area contributed by atoms with Gasteiger partial charge in [-0.3, -0.25) is 9.59 Å². The van der Waals surface area contributed by atoms with E-state index in [0.717, 1.165) is 31.2 Å². The lowest BCUT2D eigenvalue weighted by molar-refractivity contribution is -0.130. The second-order valence-electron chi connectivity index (χ2n) is 5.59. The number of nitrogens with two attached hydrogens (primary N) is 1. The SMILES string of the molecule is NC(=O)[C@@H](Cc1ccccc1Cl)NC(=O)C1CCCCC1. The molecule has 0 heterocycles. The Bertz CT molecular complexity index is 513. The minimum Gasteiger partial charge on any atom is -0.368 e. The summed E-state index contributed by atoms with van der Waals surface area (Å²) in [5.74, 6) is -0.587. The van der Waals surface area contributed by atoms with E-state index < -0.39 is 11.9 Å². The fourth-order valence-electron chi connectivity index (χ4n) is 2.76. The average Bonchev–Trinajstić information content (AvgIpc) is 2.49. The summed E-state index contributed by atoms with van der Waals surface area (Å²) in [6.45, 7) is 0. The summed E-state index contributed by atoms with van der Waals surface area (Å²) in [5.41, 5.74) is 6.23. The number of carbonyl (C=O) groups excluding carboxylic acids is 2. The van der Waals surface area contributed by atoms with E-state index >= 15 is 0 Å². The highest BCUT2D eigenvalue weighted by atomic mass is 35.5. The molecule has 0 unspecified atom stereocenters. The molecule has 3 N–H and O–H groups in total. The molecule has 1 fully saturated rings. The molecule has 1 atom stereocenters. The van der Waals surface area contributed by atoms with Crippen molar-refractivity contribution in [2.24, 2.45) is 11.7 Å². The smallest absolute Gasteiger partial charge is 0.240 e. The Balaban J connectivity index is 2.00. The van der Waals surface area contributed by atoms with Crippen molar-refractivity contribution in [2.75, 3.05) is 0 Å². The second-order valence-corrected chi connectivity index (χ2v) is 6.00. The van der Waals surface area contributed by atoms with Gasteiger partial charge in [0, 0.05) is 17.4 Å². The second kappa shape index (κ2) is 7.46. The molecule has 21 heavy (non-hydrogen) atoms. The highest BCUT2D eigenvalue weighted by Gasteiger charge is 2.26. The van der Waals surface area contributed by atoms with Crippen LogP contribution in [0.3, 0.4) is 0 Å². The van der Waals surface area contributed by atoms with Crippen LogP contribution < -0.4 is 11.1 Å². The predicted molar refractivity (Wildman–Crippen MR) is 82.9 cm³/mol. The molecule has 0 aliphatic heterocycles. The summed E-state index contributed by atoms with van der Waals surface area (Å²) in [6.07, 6.45) is 5.44. The predicted octanol–water partition coefficient (Wildman–Crippen LogP) is 2.43. The van der Waals surface area contributed by atoms with Gasteiger partial charge in [0.15, 0.2) is 0 Å². The normalized spacial score (nSPS) is 17.2. The molecular weight excluding hydrogens is 288 g/mol. The van der Waals surface area contributed by atoms with Gasteiger partial charge in [-0.25, -0.2) is 0 Å². The van der Waals surface area contributed by atoms with Crippen LogP contribution >= 0.6 is 11.6 Å². The number of hydrogen-bond donors (Lipinski definition) is 2. The lowest BCUT2D eigenvalue weighted by atomic mass is 9.88. The summed E-state index contributed by atoms with van der Waals surface area (Å²) < 4.78 is 0. The first kappa shape index (κ1) is 15.8. The number of amides is 2. The number of hydrogen-bond acceptors (Lipinski definition) is 2. The van der Waals surface area contributed by atoms with Crippen LogP contribution in [0.4, 0.5) is 0 Å². The van der Waals surface area contributed by atoms with Crippen molar-refractivity contribution < 1.29 is 9.59 Å². The first-order chi connectivity index (χ1) is 10.1. The third-order valence-electron chi connectivity index (χ3n) is 4.02. The van der Waals surface area contributed by atoms with Crippen LogP contribution in [0.15, 0.2) is 24.3 Å². The summed E-state index contributed by atoms with van der Waals surface area (Å²) >= 11 is 6.09. The van der Waals surface area contributed by atoms with E-state index in [2.05, 4.69) is 5.32 Å². The maximum atomic E-state index is 12.2. The van der Waals surface area contributed by atoms with Crippen molar-refractivity contribution in [3.8, 4) is 0 Å². The quantitative estimate of drug-likeness (QED) is 0.877. The molecule has 4 nitrogen and oxygen atoms in total. The Morgan fingerprint density at radius 3 is 2.52 bits per heavy atom. The zero-order valence-electron chi connectivity index (χ0n) is 12.0. The zero-order valence-corrected chi connectivity index (χ0v) is 12.7. The molecule has 1 aromatic rings. The maximum absolute atomic E-state index is 12.2. The molecule has 2 rings (SSSR count). The zero-order chi connectivity index (χ0) is 15.2. The number of carbonyl (C=O) groups is 2. The molecule has 1 saturated carbocycles. The Morgan fingerprint density at radius 2 is 1.90 bits per heavy atom. The Kier molecular flexibility index (Phi) is 5.62. The van der Waals surface area contributed by atoms with Gasteiger partial charge in [0.05, 0.1) is 0 Å². The molecule has 1 aliphatic carbocycles. The van der Waals surface area contributed by atoms with Crippen LogP contribution in [0.2, 0.25) is 5.02 Å². The molecule has 0 saturated heterocycles. The van der Waals surface area contributed by atoms with Crippen LogP contribution in [0.5, 0.6) is 0 Å². The first-order valence-electron chi connectivity index (χ1n) is 7.41. The summed E-state index contributed by atoms with van der Waals surface area (Å²) in [4.78, 5) is 23.8. The first-order valence-corrected chi connectivity index (χ1v) is 7.79. The molecule has 0 radical (unpaired) electrons. The molecular formula is C16H21ClN2O2. The van der Waals surface area contributed by atoms with Crippen LogP contribution in [0.1, 0.15) is 37.7 Å². The Hall–Kier alpha value is -1.55. The van der Waals surface area contributed by atoms with Gasteiger partial charge in [0.25, 0.3) is 0 Å². The molecule has 0 bridgehead atoms. The van der Waals surface area contributed by atoms with Crippen molar-refractivity contribution in [3.05, 3.63) is 34.9 Å². The Labute approximate surface area is 130 Å². The van der Waals surface area contributed by atoms with Gasteiger partial charge in [-0.05, 0) is 24.5 Å². The number of primary amides is 1. The maximum Gasteiger partial charge on any atom is 0.240 e. The summed E-state index contributed by atoms with van der Waals surface area (Å²) in [6, 6.07) is 6.57. The van der Waals surface area contributed by atoms with E-state index in [-0.39, 0.29) is 11.8 Å². The molecule has 0 aromatic heterocycles. The van der Waals surface area contributed by atoms with E-state index in [1.165, 1.54) is 6.42 Å². The van der Waals surface area contributed by atoms with Gasteiger partial charge in [-0.2, -0.15) is 0 Å². The lowest BCUT2D eigenvalue weighted by Crippen LogP contribution is -2.48. The van der Waals surface area contributed by atoms with Crippen LogP contribution in [-0.4, -0.2) is 17.9 Å². The monoisotopic (exact) mass is 308 g/mol. The van der Waals surface area contributed by atoms with Gasteiger partial charge < -0.3 is 11.1 Å². The topological polar surface area (TPSA) is 72.2 Å². The number of nitrogens with one attached hydrogen (secondary N) is 1. The standard InChI is InChI=1S/C16H21ClN2O2/c17-13-9-5-4-8-12(13)10-14(15(18)20)19-16(21)11-6-2-1-3-7-11/h4-5,8-9,11,14H,1-3,6-7,10H2,(H2,18,20)(H,19,21)/t14-/m1/s1. The largest absolute Gasteiger partial charge is 0.368 e. The Morgan fingerprint density at radius 1 is 1.24 bits per heavy atom. The van der Waals surface area contributed by atoms with Crippen molar-refractivity contribution in [1.82, 2.24) is 5.32 Å². The van der Waals surface area contributed by atoms with E-state index in [1.54, 1.807) is 6.07 Å². The third kappa shape index (κ3) is 4.46. The average molecular weight is 309 g/mol. The highest BCUT2D eigenvalue weighted by molar-refractivity contribution is 6.31. The molecule has 0 spiro atoms. The minimum absolute atomic E-state index is 0.00634. The number of rotatable bonds is 5. The van der Waals surface area contributed by atoms with Crippen LogP contribution in [0.25, 0.3) is 0 Å².